The van der Waals surface area contributed by atoms with E-state index < -0.39 is 10.0 Å². The summed E-state index contributed by atoms with van der Waals surface area (Å²) in [4.78, 5) is 5.50. The molecule has 7 heteroatoms. The molecule has 0 bridgehead atoms. The van der Waals surface area contributed by atoms with Crippen molar-refractivity contribution < 1.29 is 13.2 Å². The van der Waals surface area contributed by atoms with E-state index in [1.165, 1.54) is 13.2 Å². The quantitative estimate of drug-likeness (QED) is 0.732. The van der Waals surface area contributed by atoms with Gasteiger partial charge in [-0.15, -0.1) is 11.3 Å². The van der Waals surface area contributed by atoms with Gasteiger partial charge in [0.1, 0.15) is 10.6 Å². The van der Waals surface area contributed by atoms with Gasteiger partial charge in [0, 0.05) is 12.7 Å². The van der Waals surface area contributed by atoms with E-state index in [0.29, 0.717) is 5.75 Å². The number of benzene rings is 1. The Balaban J connectivity index is 1.86. The van der Waals surface area contributed by atoms with Crippen molar-refractivity contribution in [3.8, 4) is 16.3 Å². The number of rotatable bonds is 6. The monoisotopic (exact) mass is 360 g/mol. The van der Waals surface area contributed by atoms with Crippen LogP contribution in [0.25, 0.3) is 10.6 Å². The fourth-order valence-corrected chi connectivity index (χ4v) is 4.24. The zero-order valence-electron chi connectivity index (χ0n) is 13.0. The summed E-state index contributed by atoms with van der Waals surface area (Å²) in [6.45, 7) is 0.154. The number of pyridine rings is 1. The first-order valence-corrected chi connectivity index (χ1v) is 9.58. The number of aromatic nitrogens is 1. The van der Waals surface area contributed by atoms with Gasteiger partial charge in [-0.3, -0.25) is 4.98 Å². The van der Waals surface area contributed by atoms with Crippen LogP contribution >= 0.6 is 11.3 Å². The average Bonchev–Trinajstić information content (AvgIpc) is 3.15. The Hall–Kier alpha value is -2.22. The molecule has 0 atom stereocenters. The van der Waals surface area contributed by atoms with E-state index in [0.717, 1.165) is 16.1 Å². The molecule has 3 rings (SSSR count). The second-order valence-electron chi connectivity index (χ2n) is 4.96. The summed E-state index contributed by atoms with van der Waals surface area (Å²) in [6, 6.07) is 14.1. The number of ether oxygens (including phenoxy) is 1. The van der Waals surface area contributed by atoms with Crippen LogP contribution in [-0.4, -0.2) is 20.5 Å². The molecule has 5 nitrogen and oxygen atoms in total. The molecule has 2 aromatic heterocycles. The van der Waals surface area contributed by atoms with Crippen LogP contribution in [0.5, 0.6) is 5.75 Å². The van der Waals surface area contributed by atoms with E-state index in [-0.39, 0.29) is 11.4 Å². The first-order chi connectivity index (χ1) is 11.6. The van der Waals surface area contributed by atoms with Crippen LogP contribution in [0.15, 0.2) is 65.0 Å². The zero-order valence-corrected chi connectivity index (χ0v) is 14.6. The molecule has 0 saturated carbocycles. The van der Waals surface area contributed by atoms with Crippen molar-refractivity contribution in [3.05, 3.63) is 65.7 Å². The minimum atomic E-state index is -3.69. The van der Waals surface area contributed by atoms with Gasteiger partial charge in [0.15, 0.2) is 0 Å². The molecule has 0 radical (unpaired) electrons. The van der Waals surface area contributed by atoms with E-state index in [2.05, 4.69) is 9.71 Å². The smallest absolute Gasteiger partial charge is 0.244 e. The summed E-state index contributed by atoms with van der Waals surface area (Å²) in [5.41, 5.74) is 1.61. The SMILES string of the molecule is COc1ccccc1S(=O)(=O)NCc1cccnc1-c1cccs1. The summed E-state index contributed by atoms with van der Waals surface area (Å²) in [7, 11) is -2.24. The van der Waals surface area contributed by atoms with E-state index in [1.54, 1.807) is 41.8 Å². The van der Waals surface area contributed by atoms with Crippen molar-refractivity contribution in [3.63, 3.8) is 0 Å². The molecule has 0 saturated heterocycles. The Kier molecular flexibility index (Phi) is 4.94. The average molecular weight is 360 g/mol. The van der Waals surface area contributed by atoms with Crippen molar-refractivity contribution in [2.24, 2.45) is 0 Å². The van der Waals surface area contributed by atoms with Gasteiger partial charge in [-0.05, 0) is 35.2 Å². The van der Waals surface area contributed by atoms with Gasteiger partial charge in [0.2, 0.25) is 10.0 Å². The normalized spacial score (nSPS) is 11.4. The van der Waals surface area contributed by atoms with Gasteiger partial charge in [0.25, 0.3) is 0 Å². The van der Waals surface area contributed by atoms with Gasteiger partial charge >= 0.3 is 0 Å². The summed E-state index contributed by atoms with van der Waals surface area (Å²) in [6.07, 6.45) is 1.70. The molecule has 1 aromatic carbocycles. The molecule has 0 aliphatic rings. The van der Waals surface area contributed by atoms with Crippen molar-refractivity contribution >= 4 is 21.4 Å². The molecule has 124 valence electrons. The minimum absolute atomic E-state index is 0.120. The standard InChI is InChI=1S/C17H16N2O3S2/c1-22-14-7-2-3-9-16(14)24(20,21)19-12-13-6-4-10-18-17(13)15-8-5-11-23-15/h2-11,19H,12H2,1H3. The first kappa shape index (κ1) is 16.6. The van der Waals surface area contributed by atoms with Gasteiger partial charge < -0.3 is 4.74 Å². The largest absolute Gasteiger partial charge is 0.495 e. The zero-order chi connectivity index (χ0) is 17.0. The molecule has 0 unspecified atom stereocenters. The van der Waals surface area contributed by atoms with Crippen LogP contribution in [-0.2, 0) is 16.6 Å². The second kappa shape index (κ2) is 7.12. The van der Waals surface area contributed by atoms with Crippen molar-refractivity contribution in [1.29, 1.82) is 0 Å². The molecule has 0 aliphatic heterocycles. The minimum Gasteiger partial charge on any atom is -0.495 e. The first-order valence-electron chi connectivity index (χ1n) is 7.22. The molecule has 2 heterocycles. The lowest BCUT2D eigenvalue weighted by Crippen LogP contribution is -2.24. The number of sulfonamides is 1. The summed E-state index contributed by atoms with van der Waals surface area (Å²) >= 11 is 1.57. The van der Waals surface area contributed by atoms with Crippen molar-refractivity contribution in [2.45, 2.75) is 11.4 Å². The number of nitrogens with zero attached hydrogens (tertiary/aromatic N) is 1. The third-order valence-electron chi connectivity index (χ3n) is 3.46. The lowest BCUT2D eigenvalue weighted by Gasteiger charge is -2.12. The van der Waals surface area contributed by atoms with E-state index >= 15 is 0 Å². The number of thiophene rings is 1. The number of hydrogen-bond acceptors (Lipinski definition) is 5. The maximum absolute atomic E-state index is 12.6. The van der Waals surface area contributed by atoms with Gasteiger partial charge in [-0.2, -0.15) is 0 Å². The van der Waals surface area contributed by atoms with Crippen LogP contribution < -0.4 is 9.46 Å². The number of hydrogen-bond donors (Lipinski definition) is 1. The fraction of sp³-hybridized carbons (Fsp3) is 0.118. The Morgan fingerprint density at radius 2 is 1.96 bits per heavy atom. The lowest BCUT2D eigenvalue weighted by molar-refractivity contribution is 0.402. The molecule has 0 amide bonds. The third-order valence-corrected chi connectivity index (χ3v) is 5.77. The van der Waals surface area contributed by atoms with Gasteiger partial charge in [0.05, 0.1) is 17.7 Å². The van der Waals surface area contributed by atoms with Crippen LogP contribution in [0.2, 0.25) is 0 Å². The van der Waals surface area contributed by atoms with Crippen molar-refractivity contribution in [2.75, 3.05) is 7.11 Å². The number of methoxy groups -OCH3 is 1. The molecular formula is C17H16N2O3S2. The Morgan fingerprint density at radius 1 is 1.12 bits per heavy atom. The highest BCUT2D eigenvalue weighted by Crippen LogP contribution is 2.27. The molecule has 0 spiro atoms. The maximum Gasteiger partial charge on any atom is 0.244 e. The molecule has 24 heavy (non-hydrogen) atoms. The van der Waals surface area contributed by atoms with E-state index in [4.69, 9.17) is 4.74 Å². The summed E-state index contributed by atoms with van der Waals surface area (Å²) in [5, 5.41) is 1.97. The van der Waals surface area contributed by atoms with E-state index in [1.807, 2.05) is 23.6 Å². The molecule has 1 N–H and O–H groups in total. The predicted octanol–water partition coefficient (Wildman–Crippen LogP) is 3.30. The van der Waals surface area contributed by atoms with Crippen LogP contribution in [0, 0.1) is 0 Å². The Labute approximate surface area is 145 Å². The topological polar surface area (TPSA) is 68.3 Å². The van der Waals surface area contributed by atoms with Gasteiger partial charge in [-0.1, -0.05) is 24.3 Å². The lowest BCUT2D eigenvalue weighted by atomic mass is 10.2. The molecule has 0 aliphatic carbocycles. The number of nitrogens with one attached hydrogen (secondary N) is 1. The molecular weight excluding hydrogens is 344 g/mol. The van der Waals surface area contributed by atoms with Crippen LogP contribution in [0.1, 0.15) is 5.56 Å². The van der Waals surface area contributed by atoms with Gasteiger partial charge in [-0.25, -0.2) is 13.1 Å². The maximum atomic E-state index is 12.6. The van der Waals surface area contributed by atoms with E-state index in [9.17, 15) is 8.42 Å². The summed E-state index contributed by atoms with van der Waals surface area (Å²) in [5.74, 6) is 0.315. The third kappa shape index (κ3) is 3.48. The predicted molar refractivity (Wildman–Crippen MR) is 94.6 cm³/mol. The van der Waals surface area contributed by atoms with Crippen LogP contribution in [0.4, 0.5) is 0 Å². The summed E-state index contributed by atoms with van der Waals surface area (Å²) < 4.78 is 32.9. The highest BCUT2D eigenvalue weighted by molar-refractivity contribution is 7.89. The van der Waals surface area contributed by atoms with Crippen molar-refractivity contribution in [1.82, 2.24) is 9.71 Å². The molecule has 3 aromatic rings. The second-order valence-corrected chi connectivity index (χ2v) is 7.65. The number of para-hydroxylation sites is 1. The Morgan fingerprint density at radius 3 is 2.71 bits per heavy atom. The highest BCUT2D eigenvalue weighted by Gasteiger charge is 2.19. The highest BCUT2D eigenvalue weighted by atomic mass is 32.2. The molecule has 0 fully saturated rings. The fourth-order valence-electron chi connectivity index (χ4n) is 2.31. The van der Waals surface area contributed by atoms with Crippen LogP contribution in [0.3, 0.4) is 0 Å². The Bertz CT molecular complexity index is 923.